The minimum Gasteiger partial charge on any atom is -0.394 e. The Morgan fingerprint density at radius 3 is 1.31 bits per heavy atom. The first-order valence-corrected chi connectivity index (χ1v) is 28.7. The number of aliphatic hydroxyl groups is 13. The fourth-order valence-electron chi connectivity index (χ4n) is 9.30. The van der Waals surface area contributed by atoms with E-state index >= 15 is 0 Å². The van der Waals surface area contributed by atoms with Crippen LogP contribution in [0, 0.1) is 0 Å². The van der Waals surface area contributed by atoms with Crippen molar-refractivity contribution < 1.29 is 133 Å². The van der Waals surface area contributed by atoms with Gasteiger partial charge in [0, 0.05) is 58.5 Å². The Hall–Kier alpha value is -4.06. The number of carbonyl (C=O) groups excluding carboxylic acids is 6. The molecule has 0 saturated carbocycles. The molecule has 19 N–H and O–H groups in total. The number of carbonyl (C=O) groups is 6. The van der Waals surface area contributed by atoms with Crippen LogP contribution in [0.1, 0.15) is 71.6 Å². The number of ether oxygens (including phenoxy) is 8. The van der Waals surface area contributed by atoms with E-state index < -0.39 is 166 Å². The second kappa shape index (κ2) is 38.4. The highest BCUT2D eigenvalue weighted by Gasteiger charge is 2.52. The molecule has 0 aromatic heterocycles. The van der Waals surface area contributed by atoms with Crippen LogP contribution < -0.4 is 31.9 Å². The Morgan fingerprint density at radius 2 is 0.812 bits per heavy atom. The second-order valence-electron chi connectivity index (χ2n) is 21.0. The van der Waals surface area contributed by atoms with Crippen LogP contribution in [0.15, 0.2) is 0 Å². The fraction of sp³-hybridized carbons (Fsp3) is 0.882. The minimum absolute atomic E-state index is 0.0165. The van der Waals surface area contributed by atoms with E-state index in [4.69, 9.17) is 37.9 Å². The maximum Gasteiger partial charge on any atom is 0.234 e. The number of hydrogen-bond donors (Lipinski definition) is 19. The molecule has 0 radical (unpaired) electrons. The summed E-state index contributed by atoms with van der Waals surface area (Å²) >= 11 is 0. The normalized spacial score (nSPS) is 33.2. The van der Waals surface area contributed by atoms with Gasteiger partial charge < -0.3 is 136 Å². The van der Waals surface area contributed by atoms with E-state index in [2.05, 4.69) is 31.9 Å². The van der Waals surface area contributed by atoms with Crippen molar-refractivity contribution in [2.75, 3.05) is 91.9 Å². The molecule has 0 spiro atoms. The largest absolute Gasteiger partial charge is 0.394 e. The molecule has 0 aromatic carbocycles. The van der Waals surface area contributed by atoms with Gasteiger partial charge in [-0.25, -0.2) is 0 Å². The molecule has 85 heavy (non-hydrogen) atoms. The van der Waals surface area contributed by atoms with E-state index in [1.165, 1.54) is 11.8 Å². The molecule has 4 rings (SSSR count). The lowest BCUT2D eigenvalue weighted by molar-refractivity contribution is -0.366. The van der Waals surface area contributed by atoms with Gasteiger partial charge in [0.25, 0.3) is 0 Å². The van der Waals surface area contributed by atoms with Crippen LogP contribution >= 0.6 is 0 Å². The Kier molecular flexibility index (Phi) is 33.1. The molecule has 4 saturated heterocycles. The van der Waals surface area contributed by atoms with Gasteiger partial charge in [-0.05, 0) is 39.5 Å². The standard InChI is InChI=1S/C51H91N7O27/c1-3-52-32(63)12-15-55-35(66)22-58(20-33(64)53-13-8-4-6-10-30(61)56-16-18-78-48-43(74)40(71)36(67)26(2)81-48)21-34(65)54-14-9-5-7-11-31(62)57-17-19-79-50-46(77)47(85-51-45(76)42(73)38(69)28(24-60)83-51)39(70)29(84-50)25-80-49-44(75)41(72)37(68)27(23-59)82-49/h26-29,36-51,59-60,67-77H,3-25H2,1-2H3,(H,52,63)(H,53,64)(H,54,65)(H,55,66)(H,56,61)(H,57,62)/t26-,27+,28+,29+,36+,37+,38+,39+,40+,41-,42-,43-,44-,45-,46-,47-,48+,49-,50-,51+/m0/s1. The van der Waals surface area contributed by atoms with Gasteiger partial charge in [-0.15, -0.1) is 0 Å². The van der Waals surface area contributed by atoms with Gasteiger partial charge in [0.15, 0.2) is 25.2 Å². The molecular weight excluding hydrogens is 1140 g/mol. The first-order valence-electron chi connectivity index (χ1n) is 28.7. The van der Waals surface area contributed by atoms with Crippen molar-refractivity contribution >= 4 is 35.4 Å². The van der Waals surface area contributed by atoms with Gasteiger partial charge in [-0.1, -0.05) is 12.8 Å². The summed E-state index contributed by atoms with van der Waals surface area (Å²) in [4.78, 5) is 77.0. The van der Waals surface area contributed by atoms with Crippen LogP contribution in [0.5, 0.6) is 0 Å². The molecule has 492 valence electrons. The van der Waals surface area contributed by atoms with Gasteiger partial charge in [-0.2, -0.15) is 0 Å². The highest BCUT2D eigenvalue weighted by molar-refractivity contribution is 5.84. The molecule has 0 unspecified atom stereocenters. The van der Waals surface area contributed by atoms with E-state index in [0.29, 0.717) is 45.1 Å². The van der Waals surface area contributed by atoms with Gasteiger partial charge in [0.2, 0.25) is 35.4 Å². The number of nitrogens with zero attached hydrogens (tertiary/aromatic N) is 1. The highest BCUT2D eigenvalue weighted by Crippen LogP contribution is 2.31. The third-order valence-electron chi connectivity index (χ3n) is 14.2. The zero-order valence-electron chi connectivity index (χ0n) is 47.8. The quantitative estimate of drug-likeness (QED) is 0.0257. The molecule has 4 aliphatic rings. The van der Waals surface area contributed by atoms with Gasteiger partial charge in [0.05, 0.1) is 58.8 Å². The maximum absolute atomic E-state index is 13.0. The van der Waals surface area contributed by atoms with Crippen molar-refractivity contribution in [3.8, 4) is 0 Å². The zero-order valence-corrected chi connectivity index (χ0v) is 47.8. The lowest BCUT2D eigenvalue weighted by atomic mass is 9.96. The summed E-state index contributed by atoms with van der Waals surface area (Å²) in [6.07, 6.45) is -28.7. The summed E-state index contributed by atoms with van der Waals surface area (Å²) in [5.74, 6) is -2.38. The summed E-state index contributed by atoms with van der Waals surface area (Å²) in [6, 6.07) is 0. The van der Waals surface area contributed by atoms with Crippen molar-refractivity contribution in [1.82, 2.24) is 36.8 Å². The Balaban J connectivity index is 1.16. The van der Waals surface area contributed by atoms with Crippen LogP contribution in [0.3, 0.4) is 0 Å². The number of unbranched alkanes of at least 4 members (excludes halogenated alkanes) is 4. The lowest BCUT2D eigenvalue weighted by Gasteiger charge is -2.46. The van der Waals surface area contributed by atoms with Gasteiger partial charge in [0.1, 0.15) is 91.6 Å². The molecule has 0 aromatic rings. The van der Waals surface area contributed by atoms with Crippen molar-refractivity contribution in [1.29, 1.82) is 0 Å². The van der Waals surface area contributed by atoms with Crippen molar-refractivity contribution in [2.24, 2.45) is 0 Å². The first-order chi connectivity index (χ1) is 40.5. The highest BCUT2D eigenvalue weighted by atomic mass is 16.8. The van der Waals surface area contributed by atoms with Crippen molar-refractivity contribution in [3.63, 3.8) is 0 Å². The Bertz CT molecular complexity index is 2010. The first kappa shape index (κ1) is 73.4. The molecule has 4 heterocycles. The van der Waals surface area contributed by atoms with Crippen molar-refractivity contribution in [3.05, 3.63) is 0 Å². The molecule has 34 heteroatoms. The summed E-state index contributed by atoms with van der Waals surface area (Å²) < 4.78 is 44.2. The topological polar surface area (TPSA) is 515 Å². The molecule has 4 aliphatic heterocycles. The number of aliphatic hydroxyl groups excluding tert-OH is 13. The van der Waals surface area contributed by atoms with Crippen LogP contribution in [-0.2, 0) is 66.7 Å². The molecule has 4 fully saturated rings. The summed E-state index contributed by atoms with van der Waals surface area (Å²) in [6.45, 7) is 0.604. The van der Waals surface area contributed by atoms with E-state index in [-0.39, 0.29) is 96.6 Å². The minimum atomic E-state index is -1.94. The van der Waals surface area contributed by atoms with Crippen molar-refractivity contribution in [2.45, 2.75) is 194 Å². The predicted molar refractivity (Wildman–Crippen MR) is 285 cm³/mol. The number of amides is 6. The number of nitrogens with one attached hydrogen (secondary N) is 6. The Morgan fingerprint density at radius 1 is 0.400 bits per heavy atom. The summed E-state index contributed by atoms with van der Waals surface area (Å²) in [5.41, 5.74) is 0. The predicted octanol–water partition coefficient (Wildman–Crippen LogP) is -10.2. The number of hydrogen-bond acceptors (Lipinski definition) is 28. The lowest BCUT2D eigenvalue weighted by Crippen LogP contribution is -2.65. The SMILES string of the molecule is CCNC(=O)CCNC(=O)CN(CC(=O)NCCCCCC(=O)NCCO[C@@H]1O[C@@H](C)[C@@H](O)[C@@H](O)[C@@H]1O)CC(=O)NCCCCCC(=O)NCCO[C@H]1O[C@H](CO[C@H]2O[C@H](CO)[C@@H](O)[C@H](O)[C@@H]2O)[C@@H](O)[C@H](O[C@H]2O[C@H](CO)[C@@H](O)[C@H](O)[C@@H]2O)[C@@H]1O. The average molecular weight is 1230 g/mol. The molecule has 34 nitrogen and oxygen atoms in total. The monoisotopic (exact) mass is 1230 g/mol. The smallest absolute Gasteiger partial charge is 0.234 e. The van der Waals surface area contributed by atoms with Crippen LogP contribution in [0.25, 0.3) is 0 Å². The van der Waals surface area contributed by atoms with E-state index in [1.807, 2.05) is 0 Å². The molecule has 6 amide bonds. The third kappa shape index (κ3) is 24.1. The molecule has 0 aliphatic carbocycles. The Labute approximate surface area is 490 Å². The summed E-state index contributed by atoms with van der Waals surface area (Å²) in [5, 5.41) is 150. The third-order valence-corrected chi connectivity index (χ3v) is 14.2. The van der Waals surface area contributed by atoms with E-state index in [9.17, 15) is 95.2 Å². The van der Waals surface area contributed by atoms with Crippen LogP contribution in [-0.4, -0.2) is 321 Å². The zero-order chi connectivity index (χ0) is 62.8. The van der Waals surface area contributed by atoms with Gasteiger partial charge in [-0.3, -0.25) is 33.7 Å². The van der Waals surface area contributed by atoms with Gasteiger partial charge >= 0.3 is 0 Å². The molecule has 20 atom stereocenters. The van der Waals surface area contributed by atoms with E-state index in [0.717, 1.165) is 0 Å². The van der Waals surface area contributed by atoms with E-state index in [1.54, 1.807) is 6.92 Å². The second-order valence-corrected chi connectivity index (χ2v) is 21.0. The summed E-state index contributed by atoms with van der Waals surface area (Å²) in [7, 11) is 0. The fourth-order valence-corrected chi connectivity index (χ4v) is 9.30. The molecular formula is C51H91N7O27. The molecule has 0 bridgehead atoms. The number of rotatable bonds is 37. The van der Waals surface area contributed by atoms with Crippen LogP contribution in [0.2, 0.25) is 0 Å². The van der Waals surface area contributed by atoms with Crippen LogP contribution in [0.4, 0.5) is 0 Å². The average Bonchev–Trinajstić information content (AvgIpc) is 2.09. The maximum atomic E-state index is 13.0.